The third kappa shape index (κ3) is 3.22. The SMILES string of the molecule is CCOC(=O)c1cnc2c(c1)/C(=C/Nc1ccc3ncccc3c1)C(=O)N2. The molecule has 4 rings (SSSR count). The molecule has 1 aliphatic rings. The number of nitrogens with zero attached hydrogens (tertiary/aromatic N) is 2. The fraction of sp³-hybridized carbons (Fsp3) is 0.100. The van der Waals surface area contributed by atoms with Crippen LogP contribution in [0.5, 0.6) is 0 Å². The fourth-order valence-corrected chi connectivity index (χ4v) is 2.86. The minimum absolute atomic E-state index is 0.272. The number of hydrogen-bond acceptors (Lipinski definition) is 6. The van der Waals surface area contributed by atoms with Crippen LogP contribution in [0.3, 0.4) is 0 Å². The predicted molar refractivity (Wildman–Crippen MR) is 102 cm³/mol. The van der Waals surface area contributed by atoms with Crippen LogP contribution in [0.2, 0.25) is 0 Å². The number of carbonyl (C=O) groups excluding carboxylic acids is 2. The van der Waals surface area contributed by atoms with Gasteiger partial charge in [0.2, 0.25) is 0 Å². The number of esters is 1. The van der Waals surface area contributed by atoms with Crippen molar-refractivity contribution >= 4 is 39.9 Å². The van der Waals surface area contributed by atoms with Gasteiger partial charge in [-0.3, -0.25) is 9.78 Å². The molecule has 0 aliphatic carbocycles. The van der Waals surface area contributed by atoms with Crippen LogP contribution < -0.4 is 10.6 Å². The van der Waals surface area contributed by atoms with Gasteiger partial charge in [-0.2, -0.15) is 0 Å². The molecule has 0 atom stereocenters. The molecule has 1 aromatic carbocycles. The Morgan fingerprint density at radius 1 is 1.26 bits per heavy atom. The topological polar surface area (TPSA) is 93.2 Å². The highest BCUT2D eigenvalue weighted by Crippen LogP contribution is 2.31. The molecule has 7 heteroatoms. The number of ether oxygens (including phenoxy) is 1. The van der Waals surface area contributed by atoms with Crippen molar-refractivity contribution in [2.24, 2.45) is 0 Å². The molecular weight excluding hydrogens is 344 g/mol. The van der Waals surface area contributed by atoms with E-state index in [1.54, 1.807) is 25.4 Å². The lowest BCUT2D eigenvalue weighted by Crippen LogP contribution is -2.06. The normalized spacial score (nSPS) is 14.1. The van der Waals surface area contributed by atoms with Crippen molar-refractivity contribution < 1.29 is 14.3 Å². The Morgan fingerprint density at radius 3 is 3.00 bits per heavy atom. The standard InChI is InChI=1S/C20H16N4O3/c1-2-27-20(26)13-9-15-16(19(25)24-18(15)23-10-13)11-22-14-5-6-17-12(8-14)4-3-7-21-17/h3-11,22H,2H2,1H3,(H,23,24,25)/b16-11-. The molecule has 27 heavy (non-hydrogen) atoms. The number of carbonyl (C=O) groups is 2. The maximum absolute atomic E-state index is 12.3. The van der Waals surface area contributed by atoms with E-state index in [-0.39, 0.29) is 12.5 Å². The molecule has 2 N–H and O–H groups in total. The van der Waals surface area contributed by atoms with Crippen LogP contribution in [0.1, 0.15) is 22.8 Å². The molecule has 0 unspecified atom stereocenters. The summed E-state index contributed by atoms with van der Waals surface area (Å²) in [7, 11) is 0. The minimum Gasteiger partial charge on any atom is -0.462 e. The smallest absolute Gasteiger partial charge is 0.339 e. The zero-order chi connectivity index (χ0) is 18.8. The van der Waals surface area contributed by atoms with E-state index in [2.05, 4.69) is 20.6 Å². The van der Waals surface area contributed by atoms with Gasteiger partial charge < -0.3 is 15.4 Å². The Hall–Kier alpha value is -3.74. The van der Waals surface area contributed by atoms with Crippen LogP contribution in [-0.2, 0) is 9.53 Å². The van der Waals surface area contributed by atoms with Crippen LogP contribution in [0.4, 0.5) is 11.5 Å². The summed E-state index contributed by atoms with van der Waals surface area (Å²) in [5.41, 5.74) is 2.96. The van der Waals surface area contributed by atoms with Gasteiger partial charge in [0, 0.05) is 35.2 Å². The number of hydrogen-bond donors (Lipinski definition) is 2. The summed E-state index contributed by atoms with van der Waals surface area (Å²) in [6.45, 7) is 2.01. The molecule has 3 heterocycles. The zero-order valence-corrected chi connectivity index (χ0v) is 14.5. The summed E-state index contributed by atoms with van der Waals surface area (Å²) in [6.07, 6.45) is 4.74. The monoisotopic (exact) mass is 360 g/mol. The molecule has 134 valence electrons. The first-order chi connectivity index (χ1) is 13.2. The summed E-state index contributed by atoms with van der Waals surface area (Å²) in [5.74, 6) is -0.334. The van der Waals surface area contributed by atoms with Gasteiger partial charge in [0.1, 0.15) is 5.82 Å². The van der Waals surface area contributed by atoms with Crippen molar-refractivity contribution in [1.29, 1.82) is 0 Å². The second-order valence-electron chi connectivity index (χ2n) is 5.91. The van der Waals surface area contributed by atoms with Crippen LogP contribution in [-0.4, -0.2) is 28.5 Å². The van der Waals surface area contributed by atoms with Gasteiger partial charge in [-0.05, 0) is 37.3 Å². The van der Waals surface area contributed by atoms with Gasteiger partial charge >= 0.3 is 5.97 Å². The van der Waals surface area contributed by atoms with E-state index < -0.39 is 5.97 Å². The van der Waals surface area contributed by atoms with Crippen molar-refractivity contribution in [1.82, 2.24) is 9.97 Å². The Balaban J connectivity index is 1.64. The van der Waals surface area contributed by atoms with Gasteiger partial charge in [0.15, 0.2) is 0 Å². The second kappa shape index (κ2) is 6.87. The van der Waals surface area contributed by atoms with Crippen molar-refractivity contribution in [2.45, 2.75) is 6.92 Å². The van der Waals surface area contributed by atoms with Crippen molar-refractivity contribution in [3.05, 3.63) is 66.1 Å². The Labute approximate surface area is 155 Å². The quantitative estimate of drug-likeness (QED) is 0.548. The van der Waals surface area contributed by atoms with Gasteiger partial charge in [0.05, 0.1) is 23.3 Å². The van der Waals surface area contributed by atoms with E-state index >= 15 is 0 Å². The average molecular weight is 360 g/mol. The van der Waals surface area contributed by atoms with Gasteiger partial charge in [-0.1, -0.05) is 6.07 Å². The average Bonchev–Trinajstić information content (AvgIpc) is 3.00. The molecule has 0 spiro atoms. The van der Waals surface area contributed by atoms with E-state index in [1.165, 1.54) is 6.20 Å². The first kappa shape index (κ1) is 16.7. The van der Waals surface area contributed by atoms with Crippen molar-refractivity contribution in [3.8, 4) is 0 Å². The molecule has 7 nitrogen and oxygen atoms in total. The first-order valence-electron chi connectivity index (χ1n) is 8.46. The number of pyridine rings is 2. The number of benzene rings is 1. The third-order valence-electron chi connectivity index (χ3n) is 4.15. The largest absolute Gasteiger partial charge is 0.462 e. The summed E-state index contributed by atoms with van der Waals surface area (Å²) < 4.78 is 4.99. The second-order valence-corrected chi connectivity index (χ2v) is 5.91. The number of fused-ring (bicyclic) bond motifs is 2. The number of rotatable bonds is 4. The van der Waals surface area contributed by atoms with Crippen LogP contribution in [0, 0.1) is 0 Å². The molecule has 3 aromatic rings. The lowest BCUT2D eigenvalue weighted by Gasteiger charge is -2.05. The number of nitrogens with one attached hydrogen (secondary N) is 2. The molecule has 0 radical (unpaired) electrons. The first-order valence-corrected chi connectivity index (χ1v) is 8.46. The highest BCUT2D eigenvalue weighted by Gasteiger charge is 2.26. The number of anilines is 2. The molecule has 0 saturated carbocycles. The minimum atomic E-state index is -0.471. The summed E-state index contributed by atoms with van der Waals surface area (Å²) >= 11 is 0. The highest BCUT2D eigenvalue weighted by molar-refractivity contribution is 6.31. The molecule has 0 fully saturated rings. The molecular formula is C20H16N4O3. The lowest BCUT2D eigenvalue weighted by atomic mass is 10.1. The molecule has 2 aromatic heterocycles. The molecule has 0 bridgehead atoms. The lowest BCUT2D eigenvalue weighted by molar-refractivity contribution is -0.110. The maximum atomic E-state index is 12.3. The fourth-order valence-electron chi connectivity index (χ4n) is 2.86. The van der Waals surface area contributed by atoms with E-state index in [0.717, 1.165) is 16.6 Å². The Bertz CT molecular complexity index is 1090. The Morgan fingerprint density at radius 2 is 2.15 bits per heavy atom. The number of aromatic nitrogens is 2. The van der Waals surface area contributed by atoms with Gasteiger partial charge in [0.25, 0.3) is 5.91 Å². The highest BCUT2D eigenvalue weighted by atomic mass is 16.5. The van der Waals surface area contributed by atoms with Crippen LogP contribution >= 0.6 is 0 Å². The third-order valence-corrected chi connectivity index (χ3v) is 4.15. The molecule has 1 aliphatic heterocycles. The maximum Gasteiger partial charge on any atom is 0.339 e. The van der Waals surface area contributed by atoms with Crippen molar-refractivity contribution in [3.63, 3.8) is 0 Å². The van der Waals surface area contributed by atoms with E-state index in [4.69, 9.17) is 4.74 Å². The number of amides is 1. The summed E-state index contributed by atoms with van der Waals surface area (Å²) in [6, 6.07) is 11.2. The summed E-state index contributed by atoms with van der Waals surface area (Å²) in [4.78, 5) is 32.6. The van der Waals surface area contributed by atoms with E-state index in [0.29, 0.717) is 22.5 Å². The predicted octanol–water partition coefficient (Wildman–Crippen LogP) is 3.21. The van der Waals surface area contributed by atoms with Crippen molar-refractivity contribution in [2.75, 3.05) is 17.2 Å². The zero-order valence-electron chi connectivity index (χ0n) is 14.5. The Kier molecular flexibility index (Phi) is 4.25. The molecule has 0 saturated heterocycles. The summed E-state index contributed by atoms with van der Waals surface area (Å²) in [5, 5.41) is 6.81. The van der Waals surface area contributed by atoms with Crippen LogP contribution in [0.15, 0.2) is 55.0 Å². The van der Waals surface area contributed by atoms with E-state index in [1.807, 2.05) is 30.3 Å². The van der Waals surface area contributed by atoms with E-state index in [9.17, 15) is 9.59 Å². The van der Waals surface area contributed by atoms with Gasteiger partial charge in [-0.15, -0.1) is 0 Å². The molecule has 1 amide bonds. The van der Waals surface area contributed by atoms with Gasteiger partial charge in [-0.25, -0.2) is 9.78 Å². The van der Waals surface area contributed by atoms with Crippen LogP contribution in [0.25, 0.3) is 16.5 Å².